The highest BCUT2D eigenvalue weighted by molar-refractivity contribution is 9.12. The zero-order chi connectivity index (χ0) is 14.5. The Hall–Kier alpha value is -1.86. The Bertz CT molecular complexity index is 777. The van der Waals surface area contributed by atoms with Crippen molar-refractivity contribution in [2.75, 3.05) is 0 Å². The van der Waals surface area contributed by atoms with E-state index < -0.39 is 0 Å². The largest absolute Gasteiger partial charge is 0.296 e. The lowest BCUT2D eigenvalue weighted by Crippen LogP contribution is -2.22. The van der Waals surface area contributed by atoms with E-state index in [-0.39, 0.29) is 10.3 Å². The average Bonchev–Trinajstić information content (AvgIpc) is 2.44. The number of hydrogen-bond donors (Lipinski definition) is 1. The van der Waals surface area contributed by atoms with Crippen molar-refractivity contribution in [1.82, 2.24) is 14.9 Å². The van der Waals surface area contributed by atoms with Crippen LogP contribution in [0.15, 0.2) is 44.7 Å². The Morgan fingerprint density at radius 2 is 2.15 bits per heavy atom. The molecule has 0 amide bonds. The van der Waals surface area contributed by atoms with Gasteiger partial charge in [0.25, 0.3) is 5.56 Å². The Labute approximate surface area is 128 Å². The molecular formula is C13H11BrN4OS. The molecule has 7 heteroatoms. The first-order chi connectivity index (χ1) is 9.58. The summed E-state index contributed by atoms with van der Waals surface area (Å²) in [4.78, 5) is 11.8. The third-order valence-corrected chi connectivity index (χ3v) is 3.11. The molecule has 5 nitrogen and oxygen atoms in total. The van der Waals surface area contributed by atoms with Gasteiger partial charge in [0.15, 0.2) is 0 Å². The Morgan fingerprint density at radius 1 is 1.45 bits per heavy atom. The van der Waals surface area contributed by atoms with E-state index in [0.717, 1.165) is 14.7 Å². The maximum Gasteiger partial charge on any atom is 0.296 e. The lowest BCUT2D eigenvalue weighted by atomic mass is 10.2. The molecule has 102 valence electrons. The van der Waals surface area contributed by atoms with Gasteiger partial charge >= 0.3 is 0 Å². The molecule has 0 atom stereocenters. The summed E-state index contributed by atoms with van der Waals surface area (Å²) in [5.74, 6) is 0. The second kappa shape index (κ2) is 6.53. The smallest absolute Gasteiger partial charge is 0.265 e. The molecule has 1 aromatic carbocycles. The van der Waals surface area contributed by atoms with Crippen LogP contribution in [-0.2, 0) is 0 Å². The summed E-state index contributed by atoms with van der Waals surface area (Å²) in [5, 5.41) is 10.4. The SMILES string of the molecule is Cc1n[nH]c(=S)n(/N=C/C(Br)=C/c2ccccc2)c1=O. The highest BCUT2D eigenvalue weighted by Gasteiger charge is 2.00. The minimum atomic E-state index is -0.343. The van der Waals surface area contributed by atoms with E-state index in [1.165, 1.54) is 6.21 Å². The lowest BCUT2D eigenvalue weighted by molar-refractivity contribution is 0.721. The molecule has 0 saturated carbocycles. The minimum absolute atomic E-state index is 0.150. The van der Waals surface area contributed by atoms with E-state index in [1.54, 1.807) is 6.92 Å². The number of aromatic amines is 1. The molecule has 0 radical (unpaired) electrons. The van der Waals surface area contributed by atoms with Crippen molar-refractivity contribution in [3.8, 4) is 0 Å². The molecule has 0 unspecified atom stereocenters. The predicted molar refractivity (Wildman–Crippen MR) is 85.7 cm³/mol. The van der Waals surface area contributed by atoms with E-state index in [0.29, 0.717) is 5.69 Å². The number of rotatable bonds is 3. The maximum absolute atomic E-state index is 11.8. The van der Waals surface area contributed by atoms with Crippen molar-refractivity contribution < 1.29 is 0 Å². The van der Waals surface area contributed by atoms with Crippen LogP contribution < -0.4 is 5.56 Å². The molecule has 2 aromatic rings. The normalized spacial score (nSPS) is 12.0. The summed E-state index contributed by atoms with van der Waals surface area (Å²) in [6.07, 6.45) is 3.40. The van der Waals surface area contributed by atoms with Crippen LogP contribution in [0.5, 0.6) is 0 Å². The zero-order valence-electron chi connectivity index (χ0n) is 10.6. The fourth-order valence-corrected chi connectivity index (χ4v) is 1.97. The summed E-state index contributed by atoms with van der Waals surface area (Å²) in [6.45, 7) is 1.59. The van der Waals surface area contributed by atoms with Crippen molar-refractivity contribution in [1.29, 1.82) is 0 Å². The monoisotopic (exact) mass is 350 g/mol. The molecular weight excluding hydrogens is 340 g/mol. The summed E-state index contributed by atoms with van der Waals surface area (Å²) < 4.78 is 1.97. The van der Waals surface area contributed by atoms with Gasteiger partial charge in [-0.05, 0) is 46.7 Å². The molecule has 1 N–H and O–H groups in total. The van der Waals surface area contributed by atoms with Gasteiger partial charge in [-0.1, -0.05) is 30.3 Å². The first kappa shape index (κ1) is 14.5. The van der Waals surface area contributed by atoms with Crippen LogP contribution in [0.1, 0.15) is 11.3 Å². The Kier molecular flexibility index (Phi) is 4.75. The van der Waals surface area contributed by atoms with Gasteiger partial charge in [-0.15, -0.1) is 0 Å². The highest BCUT2D eigenvalue weighted by atomic mass is 79.9. The first-order valence-corrected chi connectivity index (χ1v) is 6.93. The van der Waals surface area contributed by atoms with Crippen LogP contribution in [0.4, 0.5) is 0 Å². The summed E-state index contributed by atoms with van der Waals surface area (Å²) in [7, 11) is 0. The second-order valence-corrected chi connectivity index (χ2v) is 5.22. The van der Waals surface area contributed by atoms with Gasteiger partial charge in [0, 0.05) is 4.48 Å². The fraction of sp³-hybridized carbons (Fsp3) is 0.0769. The van der Waals surface area contributed by atoms with Crippen molar-refractivity contribution >= 4 is 40.4 Å². The van der Waals surface area contributed by atoms with Gasteiger partial charge in [-0.3, -0.25) is 9.89 Å². The van der Waals surface area contributed by atoms with Gasteiger partial charge in [0.1, 0.15) is 5.69 Å². The summed E-state index contributed by atoms with van der Waals surface area (Å²) in [6, 6.07) is 9.75. The lowest BCUT2D eigenvalue weighted by Gasteiger charge is -1.98. The fourth-order valence-electron chi connectivity index (χ4n) is 1.44. The van der Waals surface area contributed by atoms with Crippen molar-refractivity contribution in [2.24, 2.45) is 5.10 Å². The van der Waals surface area contributed by atoms with Crippen LogP contribution in [-0.4, -0.2) is 21.1 Å². The van der Waals surface area contributed by atoms with E-state index in [1.807, 2.05) is 36.4 Å². The molecule has 20 heavy (non-hydrogen) atoms. The number of halogens is 1. The number of nitrogens with zero attached hydrogens (tertiary/aromatic N) is 3. The van der Waals surface area contributed by atoms with Crippen LogP contribution in [0, 0.1) is 11.7 Å². The van der Waals surface area contributed by atoms with Crippen LogP contribution >= 0.6 is 28.1 Å². The maximum atomic E-state index is 11.8. The first-order valence-electron chi connectivity index (χ1n) is 5.73. The molecule has 0 bridgehead atoms. The number of nitrogens with one attached hydrogen (secondary N) is 1. The number of aryl methyl sites for hydroxylation is 1. The number of benzene rings is 1. The van der Waals surface area contributed by atoms with Crippen molar-refractivity contribution in [2.45, 2.75) is 6.92 Å². The Balaban J connectivity index is 2.31. The molecule has 2 rings (SSSR count). The molecule has 0 aliphatic carbocycles. The van der Waals surface area contributed by atoms with Gasteiger partial charge in [0.05, 0.1) is 6.21 Å². The molecule has 1 aromatic heterocycles. The van der Waals surface area contributed by atoms with Gasteiger partial charge in [-0.25, -0.2) is 0 Å². The van der Waals surface area contributed by atoms with Crippen LogP contribution in [0.25, 0.3) is 6.08 Å². The molecule has 0 spiro atoms. The van der Waals surface area contributed by atoms with E-state index in [9.17, 15) is 4.79 Å². The number of H-pyrrole nitrogens is 1. The summed E-state index contributed by atoms with van der Waals surface area (Å²) >= 11 is 8.35. The molecule has 0 aliphatic rings. The van der Waals surface area contributed by atoms with Gasteiger partial charge < -0.3 is 0 Å². The third-order valence-electron chi connectivity index (χ3n) is 2.41. The van der Waals surface area contributed by atoms with Gasteiger partial charge in [-0.2, -0.15) is 14.9 Å². The topological polar surface area (TPSA) is 63.0 Å². The van der Waals surface area contributed by atoms with E-state index >= 15 is 0 Å². The van der Waals surface area contributed by atoms with Crippen molar-refractivity contribution in [3.63, 3.8) is 0 Å². The quantitative estimate of drug-likeness (QED) is 0.683. The molecule has 0 aliphatic heterocycles. The highest BCUT2D eigenvalue weighted by Crippen LogP contribution is 2.09. The number of aromatic nitrogens is 3. The molecule has 1 heterocycles. The van der Waals surface area contributed by atoms with E-state index in [2.05, 4.69) is 31.2 Å². The second-order valence-electron chi connectivity index (χ2n) is 3.92. The van der Waals surface area contributed by atoms with Crippen LogP contribution in [0.3, 0.4) is 0 Å². The average molecular weight is 351 g/mol. The molecule has 0 fully saturated rings. The number of allylic oxidation sites excluding steroid dienone is 1. The van der Waals surface area contributed by atoms with Crippen LogP contribution in [0.2, 0.25) is 0 Å². The van der Waals surface area contributed by atoms with Crippen molar-refractivity contribution in [3.05, 3.63) is 61.2 Å². The number of hydrogen-bond acceptors (Lipinski definition) is 4. The van der Waals surface area contributed by atoms with Gasteiger partial charge in [0.2, 0.25) is 4.77 Å². The summed E-state index contributed by atoms with van der Waals surface area (Å²) in [5.41, 5.74) is 0.984. The standard InChI is InChI=1S/C13H11BrN4OS/c1-9-12(19)18(13(20)17-16-9)15-8-11(14)7-10-5-3-2-4-6-10/h2-8H,1H3,(H,17,20)/b11-7-,15-8+. The third kappa shape index (κ3) is 3.58. The Morgan fingerprint density at radius 3 is 2.85 bits per heavy atom. The van der Waals surface area contributed by atoms with E-state index in [4.69, 9.17) is 12.2 Å². The molecule has 0 saturated heterocycles. The predicted octanol–water partition coefficient (Wildman–Crippen LogP) is 2.88. The zero-order valence-corrected chi connectivity index (χ0v) is 13.0. The minimum Gasteiger partial charge on any atom is -0.265 e.